The molecule has 0 unspecified atom stereocenters. The van der Waals surface area contributed by atoms with Gasteiger partial charge in [0.2, 0.25) is 5.95 Å². The first-order valence-electron chi connectivity index (χ1n) is 6.78. The smallest absolute Gasteiger partial charge is 0.258 e. The average molecular weight is 339 g/mol. The van der Waals surface area contributed by atoms with Crippen LogP contribution in [-0.4, -0.2) is 22.4 Å². The van der Waals surface area contributed by atoms with Crippen molar-refractivity contribution >= 4 is 40.7 Å². The highest BCUT2D eigenvalue weighted by molar-refractivity contribution is 6.42. The lowest BCUT2D eigenvalue weighted by Crippen LogP contribution is -2.14. The fraction of sp³-hybridized carbons (Fsp3) is 0.267. The summed E-state index contributed by atoms with van der Waals surface area (Å²) < 4.78 is 0. The molecule has 2 aromatic rings. The highest BCUT2D eigenvalue weighted by Gasteiger charge is 2.09. The maximum atomic E-state index is 12.1. The summed E-state index contributed by atoms with van der Waals surface area (Å²) in [6, 6.07) is 4.88. The van der Waals surface area contributed by atoms with Crippen LogP contribution in [0.2, 0.25) is 10.0 Å². The van der Waals surface area contributed by atoms with E-state index in [-0.39, 0.29) is 5.91 Å². The zero-order valence-electron chi connectivity index (χ0n) is 12.2. The van der Waals surface area contributed by atoms with Crippen LogP contribution in [0.1, 0.15) is 24.2 Å². The van der Waals surface area contributed by atoms with Gasteiger partial charge in [0.15, 0.2) is 0 Å². The number of carbonyl (C=O) groups excluding carboxylic acids is 1. The van der Waals surface area contributed by atoms with Crippen molar-refractivity contribution in [3.05, 3.63) is 46.2 Å². The van der Waals surface area contributed by atoms with Gasteiger partial charge in [-0.3, -0.25) is 4.79 Å². The van der Waals surface area contributed by atoms with Crippen molar-refractivity contribution in [2.24, 2.45) is 5.92 Å². The van der Waals surface area contributed by atoms with Crippen molar-refractivity contribution in [3.8, 4) is 0 Å². The zero-order chi connectivity index (χ0) is 16.1. The topological polar surface area (TPSA) is 66.9 Å². The van der Waals surface area contributed by atoms with Gasteiger partial charge in [0.1, 0.15) is 0 Å². The Balaban J connectivity index is 2.01. The number of nitrogens with one attached hydrogen (secondary N) is 2. The molecular formula is C15H16Cl2N4O. The van der Waals surface area contributed by atoms with Gasteiger partial charge >= 0.3 is 0 Å². The summed E-state index contributed by atoms with van der Waals surface area (Å²) in [4.78, 5) is 20.3. The Morgan fingerprint density at radius 2 is 1.86 bits per heavy atom. The predicted octanol–water partition coefficient (Wildman–Crippen LogP) is 4.10. The maximum Gasteiger partial charge on any atom is 0.258 e. The molecule has 1 heterocycles. The SMILES string of the molecule is CC(C)CNc1ncc(C(=O)Nc2ccc(Cl)c(Cl)c2)cn1. The summed E-state index contributed by atoms with van der Waals surface area (Å²) in [7, 11) is 0. The molecule has 2 rings (SSSR count). The van der Waals surface area contributed by atoms with E-state index in [2.05, 4.69) is 34.4 Å². The van der Waals surface area contributed by atoms with Crippen LogP contribution in [0.5, 0.6) is 0 Å². The minimum Gasteiger partial charge on any atom is -0.354 e. The van der Waals surface area contributed by atoms with E-state index in [0.717, 1.165) is 6.54 Å². The van der Waals surface area contributed by atoms with E-state index in [1.807, 2.05) is 0 Å². The molecule has 0 fully saturated rings. The number of benzene rings is 1. The molecule has 0 radical (unpaired) electrons. The lowest BCUT2D eigenvalue weighted by atomic mass is 10.2. The summed E-state index contributed by atoms with van der Waals surface area (Å²) in [5, 5.41) is 6.61. The number of hydrogen-bond donors (Lipinski definition) is 2. The van der Waals surface area contributed by atoms with Crippen LogP contribution in [0.25, 0.3) is 0 Å². The van der Waals surface area contributed by atoms with Gasteiger partial charge in [0, 0.05) is 24.6 Å². The monoisotopic (exact) mass is 338 g/mol. The third-order valence-electron chi connectivity index (χ3n) is 2.76. The molecule has 1 amide bonds. The van der Waals surface area contributed by atoms with Gasteiger partial charge in [0.25, 0.3) is 5.91 Å². The first kappa shape index (κ1) is 16.5. The van der Waals surface area contributed by atoms with E-state index >= 15 is 0 Å². The number of hydrogen-bond acceptors (Lipinski definition) is 4. The van der Waals surface area contributed by atoms with Gasteiger partial charge in [-0.2, -0.15) is 0 Å². The van der Waals surface area contributed by atoms with Crippen molar-refractivity contribution in [3.63, 3.8) is 0 Å². The normalized spacial score (nSPS) is 10.6. The third kappa shape index (κ3) is 4.58. The van der Waals surface area contributed by atoms with Gasteiger partial charge in [-0.25, -0.2) is 9.97 Å². The van der Waals surface area contributed by atoms with Crippen molar-refractivity contribution < 1.29 is 4.79 Å². The number of halogens is 2. The first-order valence-corrected chi connectivity index (χ1v) is 7.53. The summed E-state index contributed by atoms with van der Waals surface area (Å²) in [6.45, 7) is 4.95. The predicted molar refractivity (Wildman–Crippen MR) is 89.8 cm³/mol. The van der Waals surface area contributed by atoms with Gasteiger partial charge in [0.05, 0.1) is 15.6 Å². The van der Waals surface area contributed by atoms with Crippen LogP contribution in [-0.2, 0) is 0 Å². The van der Waals surface area contributed by atoms with E-state index < -0.39 is 0 Å². The molecule has 0 aliphatic carbocycles. The Kier molecular flexibility index (Phi) is 5.57. The van der Waals surface area contributed by atoms with Crippen molar-refractivity contribution in [1.29, 1.82) is 0 Å². The Morgan fingerprint density at radius 1 is 1.18 bits per heavy atom. The van der Waals surface area contributed by atoms with Crippen LogP contribution in [0, 0.1) is 5.92 Å². The fourth-order valence-electron chi connectivity index (χ4n) is 1.61. The molecule has 0 bridgehead atoms. The van der Waals surface area contributed by atoms with Crippen LogP contribution < -0.4 is 10.6 Å². The molecule has 22 heavy (non-hydrogen) atoms. The maximum absolute atomic E-state index is 12.1. The third-order valence-corrected chi connectivity index (χ3v) is 3.50. The Bertz CT molecular complexity index is 659. The standard InChI is InChI=1S/C15H16Cl2N4O/c1-9(2)6-18-15-19-7-10(8-20-15)14(22)21-11-3-4-12(16)13(17)5-11/h3-5,7-9H,6H2,1-2H3,(H,21,22)(H,18,19,20). The Hall–Kier alpha value is -1.85. The second-order valence-corrected chi connectivity index (χ2v) is 5.97. The van der Waals surface area contributed by atoms with E-state index in [4.69, 9.17) is 23.2 Å². The largest absolute Gasteiger partial charge is 0.354 e. The number of amides is 1. The molecule has 0 spiro atoms. The summed E-state index contributed by atoms with van der Waals surface area (Å²) >= 11 is 11.7. The van der Waals surface area contributed by atoms with E-state index in [0.29, 0.717) is 33.2 Å². The van der Waals surface area contributed by atoms with Gasteiger partial charge in [-0.05, 0) is 24.1 Å². The van der Waals surface area contributed by atoms with E-state index in [1.165, 1.54) is 12.4 Å². The van der Waals surface area contributed by atoms with Gasteiger partial charge in [-0.1, -0.05) is 37.0 Å². The highest BCUT2D eigenvalue weighted by atomic mass is 35.5. The molecule has 0 atom stereocenters. The molecule has 5 nitrogen and oxygen atoms in total. The van der Waals surface area contributed by atoms with Gasteiger partial charge < -0.3 is 10.6 Å². The van der Waals surface area contributed by atoms with E-state index in [1.54, 1.807) is 18.2 Å². The van der Waals surface area contributed by atoms with Crippen LogP contribution in [0.15, 0.2) is 30.6 Å². The quantitative estimate of drug-likeness (QED) is 0.860. The molecule has 0 saturated heterocycles. The summed E-state index contributed by atoms with van der Waals surface area (Å²) in [6.07, 6.45) is 2.95. The number of carbonyl (C=O) groups is 1. The molecule has 1 aromatic heterocycles. The average Bonchev–Trinajstić information content (AvgIpc) is 2.49. The number of nitrogens with zero attached hydrogens (tertiary/aromatic N) is 2. The highest BCUT2D eigenvalue weighted by Crippen LogP contribution is 2.25. The number of rotatable bonds is 5. The molecular weight excluding hydrogens is 323 g/mol. The first-order chi connectivity index (χ1) is 10.5. The molecule has 116 valence electrons. The molecule has 2 N–H and O–H groups in total. The lowest BCUT2D eigenvalue weighted by molar-refractivity contribution is 0.102. The molecule has 0 aliphatic rings. The number of aromatic nitrogens is 2. The minimum absolute atomic E-state index is 0.311. The Labute approximate surface area is 139 Å². The lowest BCUT2D eigenvalue weighted by Gasteiger charge is -2.08. The second-order valence-electron chi connectivity index (χ2n) is 5.15. The van der Waals surface area contributed by atoms with Crippen LogP contribution in [0.4, 0.5) is 11.6 Å². The van der Waals surface area contributed by atoms with Crippen molar-refractivity contribution in [1.82, 2.24) is 9.97 Å². The summed E-state index contributed by atoms with van der Waals surface area (Å²) in [5.41, 5.74) is 0.919. The second kappa shape index (κ2) is 7.42. The molecule has 0 saturated carbocycles. The van der Waals surface area contributed by atoms with Crippen molar-refractivity contribution in [2.75, 3.05) is 17.2 Å². The molecule has 0 aliphatic heterocycles. The Morgan fingerprint density at radius 3 is 2.45 bits per heavy atom. The summed E-state index contributed by atoms with van der Waals surface area (Å²) in [5.74, 6) is 0.676. The van der Waals surface area contributed by atoms with E-state index in [9.17, 15) is 4.79 Å². The van der Waals surface area contributed by atoms with Crippen LogP contribution >= 0.6 is 23.2 Å². The van der Waals surface area contributed by atoms with Gasteiger partial charge in [-0.15, -0.1) is 0 Å². The zero-order valence-corrected chi connectivity index (χ0v) is 13.7. The number of anilines is 2. The van der Waals surface area contributed by atoms with Crippen molar-refractivity contribution in [2.45, 2.75) is 13.8 Å². The minimum atomic E-state index is -0.311. The molecule has 7 heteroatoms. The molecule has 1 aromatic carbocycles. The fourth-order valence-corrected chi connectivity index (χ4v) is 1.91. The van der Waals surface area contributed by atoms with Crippen LogP contribution in [0.3, 0.4) is 0 Å².